The molecule has 2 fully saturated rings. The van der Waals surface area contributed by atoms with Crippen molar-refractivity contribution in [3.63, 3.8) is 0 Å². The third kappa shape index (κ3) is 3.65. The number of aryl methyl sites for hydroxylation is 1. The Bertz CT molecular complexity index is 837. The standard InChI is InChI=1S/C21H24N4O2/c1-2-15-5-7-16(8-6-15)24-20(27)25-11-9-21(14-25)12-18(21)19(26)23-17-4-3-10-22-13-17/h3-8,10,13,18H,2,9,11-12,14H2,1H3,(H,23,26)(H,24,27)/t18-,21+/m0/s1. The zero-order valence-electron chi connectivity index (χ0n) is 15.4. The number of nitrogens with zero attached hydrogens (tertiary/aromatic N) is 2. The maximum Gasteiger partial charge on any atom is 0.321 e. The van der Waals surface area contributed by atoms with Crippen molar-refractivity contribution in [2.75, 3.05) is 23.7 Å². The number of amides is 3. The Kier molecular flexibility index (Phi) is 4.56. The first-order chi connectivity index (χ1) is 13.1. The van der Waals surface area contributed by atoms with Crippen molar-refractivity contribution in [1.29, 1.82) is 0 Å². The summed E-state index contributed by atoms with van der Waals surface area (Å²) in [6, 6.07) is 11.5. The van der Waals surface area contributed by atoms with Crippen molar-refractivity contribution in [1.82, 2.24) is 9.88 Å². The van der Waals surface area contributed by atoms with Crippen LogP contribution in [0, 0.1) is 11.3 Å². The van der Waals surface area contributed by atoms with Crippen LogP contribution in [0.25, 0.3) is 0 Å². The Morgan fingerprint density at radius 2 is 2.00 bits per heavy atom. The second-order valence-corrected chi connectivity index (χ2v) is 7.50. The predicted octanol–water partition coefficient (Wildman–Crippen LogP) is 3.53. The van der Waals surface area contributed by atoms with Crippen LogP contribution in [-0.4, -0.2) is 34.9 Å². The molecule has 2 aliphatic rings. The topological polar surface area (TPSA) is 74.3 Å². The van der Waals surface area contributed by atoms with Crippen molar-refractivity contribution in [2.45, 2.75) is 26.2 Å². The van der Waals surface area contributed by atoms with E-state index in [1.165, 1.54) is 5.56 Å². The van der Waals surface area contributed by atoms with Gasteiger partial charge in [-0.2, -0.15) is 0 Å². The van der Waals surface area contributed by atoms with Crippen LogP contribution < -0.4 is 10.6 Å². The number of nitrogens with one attached hydrogen (secondary N) is 2. The van der Waals surface area contributed by atoms with Gasteiger partial charge < -0.3 is 15.5 Å². The Hall–Kier alpha value is -2.89. The highest BCUT2D eigenvalue weighted by atomic mass is 16.2. The van der Waals surface area contributed by atoms with Crippen LogP contribution in [-0.2, 0) is 11.2 Å². The van der Waals surface area contributed by atoms with Gasteiger partial charge in [0.2, 0.25) is 5.91 Å². The van der Waals surface area contributed by atoms with E-state index in [-0.39, 0.29) is 23.3 Å². The average molecular weight is 364 g/mol. The Morgan fingerprint density at radius 3 is 2.70 bits per heavy atom. The van der Waals surface area contributed by atoms with Crippen LogP contribution in [0.3, 0.4) is 0 Å². The summed E-state index contributed by atoms with van der Waals surface area (Å²) in [4.78, 5) is 30.9. The number of hydrogen-bond acceptors (Lipinski definition) is 3. The van der Waals surface area contributed by atoms with Gasteiger partial charge in [0.25, 0.3) is 0 Å². The first kappa shape index (κ1) is 17.5. The molecule has 2 heterocycles. The van der Waals surface area contributed by atoms with Gasteiger partial charge in [0.15, 0.2) is 0 Å². The monoisotopic (exact) mass is 364 g/mol. The lowest BCUT2D eigenvalue weighted by Crippen LogP contribution is -2.33. The van der Waals surface area contributed by atoms with Gasteiger partial charge in [-0.3, -0.25) is 9.78 Å². The van der Waals surface area contributed by atoms with Gasteiger partial charge in [0, 0.05) is 36.3 Å². The third-order valence-electron chi connectivity index (χ3n) is 5.72. The van der Waals surface area contributed by atoms with Crippen molar-refractivity contribution < 1.29 is 9.59 Å². The number of likely N-dealkylation sites (tertiary alicyclic amines) is 1. The van der Waals surface area contributed by atoms with Gasteiger partial charge >= 0.3 is 6.03 Å². The van der Waals surface area contributed by atoms with E-state index in [4.69, 9.17) is 0 Å². The number of hydrogen-bond donors (Lipinski definition) is 2. The number of rotatable bonds is 4. The van der Waals surface area contributed by atoms with E-state index in [9.17, 15) is 9.59 Å². The van der Waals surface area contributed by atoms with E-state index in [1.54, 1.807) is 18.5 Å². The average Bonchev–Trinajstić information content (AvgIpc) is 3.23. The van der Waals surface area contributed by atoms with Crippen molar-refractivity contribution in [2.24, 2.45) is 11.3 Å². The normalized spacial score (nSPS) is 23.3. The maximum atomic E-state index is 12.6. The maximum absolute atomic E-state index is 12.6. The quantitative estimate of drug-likeness (QED) is 0.872. The fraction of sp³-hybridized carbons (Fsp3) is 0.381. The summed E-state index contributed by atoms with van der Waals surface area (Å²) in [5, 5.41) is 5.89. The highest BCUT2D eigenvalue weighted by Crippen LogP contribution is 2.58. The Morgan fingerprint density at radius 1 is 1.19 bits per heavy atom. The smallest absolute Gasteiger partial charge is 0.321 e. The molecule has 6 heteroatoms. The van der Waals surface area contributed by atoms with Gasteiger partial charge in [0.1, 0.15) is 0 Å². The van der Waals surface area contributed by atoms with Gasteiger partial charge in [-0.15, -0.1) is 0 Å². The highest BCUT2D eigenvalue weighted by Gasteiger charge is 2.61. The molecule has 3 amide bonds. The molecule has 2 N–H and O–H groups in total. The predicted molar refractivity (Wildman–Crippen MR) is 104 cm³/mol. The van der Waals surface area contributed by atoms with Crippen LogP contribution in [0.2, 0.25) is 0 Å². The molecule has 2 atom stereocenters. The van der Waals surface area contributed by atoms with E-state index >= 15 is 0 Å². The summed E-state index contributed by atoms with van der Waals surface area (Å²) in [5.74, 6) is -0.000226. The first-order valence-corrected chi connectivity index (χ1v) is 9.45. The summed E-state index contributed by atoms with van der Waals surface area (Å²) in [7, 11) is 0. The van der Waals surface area contributed by atoms with Crippen LogP contribution in [0.1, 0.15) is 25.3 Å². The lowest BCUT2D eigenvalue weighted by molar-refractivity contribution is -0.118. The molecule has 140 valence electrons. The third-order valence-corrected chi connectivity index (χ3v) is 5.72. The van der Waals surface area contributed by atoms with Crippen LogP contribution in [0.5, 0.6) is 0 Å². The molecular formula is C21H24N4O2. The van der Waals surface area contributed by atoms with Gasteiger partial charge in [-0.25, -0.2) is 4.79 Å². The van der Waals surface area contributed by atoms with E-state index in [1.807, 2.05) is 35.2 Å². The highest BCUT2D eigenvalue weighted by molar-refractivity contribution is 5.95. The number of pyridine rings is 1. The Balaban J connectivity index is 1.32. The number of carbonyl (C=O) groups is 2. The molecule has 2 aromatic rings. The number of carbonyl (C=O) groups excluding carboxylic acids is 2. The number of benzene rings is 1. The molecule has 4 rings (SSSR count). The summed E-state index contributed by atoms with van der Waals surface area (Å²) < 4.78 is 0. The molecule has 1 spiro atoms. The molecular weight excluding hydrogens is 340 g/mol. The molecule has 1 aliphatic heterocycles. The fourth-order valence-corrected chi connectivity index (χ4v) is 3.93. The zero-order valence-corrected chi connectivity index (χ0v) is 15.4. The molecule has 1 aromatic heterocycles. The number of anilines is 2. The molecule has 1 aromatic carbocycles. The summed E-state index contributed by atoms with van der Waals surface area (Å²) in [5.41, 5.74) is 2.71. The fourth-order valence-electron chi connectivity index (χ4n) is 3.93. The minimum Gasteiger partial charge on any atom is -0.324 e. The summed E-state index contributed by atoms with van der Waals surface area (Å²) >= 11 is 0. The molecule has 1 saturated carbocycles. The molecule has 0 unspecified atom stereocenters. The number of aromatic nitrogens is 1. The van der Waals surface area contributed by atoms with Crippen molar-refractivity contribution in [3.8, 4) is 0 Å². The molecule has 0 radical (unpaired) electrons. The molecule has 1 aliphatic carbocycles. The van der Waals surface area contributed by atoms with Crippen LogP contribution in [0.15, 0.2) is 48.8 Å². The van der Waals surface area contributed by atoms with E-state index in [0.717, 1.165) is 24.9 Å². The van der Waals surface area contributed by atoms with Crippen molar-refractivity contribution >= 4 is 23.3 Å². The van der Waals surface area contributed by atoms with E-state index in [2.05, 4.69) is 22.5 Å². The SMILES string of the molecule is CCc1ccc(NC(=O)N2CC[C@@]3(C[C@H]3C(=O)Nc3cccnc3)C2)cc1. The van der Waals surface area contributed by atoms with Crippen LogP contribution >= 0.6 is 0 Å². The van der Waals surface area contributed by atoms with E-state index < -0.39 is 0 Å². The second kappa shape index (κ2) is 7.02. The first-order valence-electron chi connectivity index (χ1n) is 9.45. The zero-order chi connectivity index (χ0) is 18.9. The van der Waals surface area contributed by atoms with E-state index in [0.29, 0.717) is 18.8 Å². The largest absolute Gasteiger partial charge is 0.324 e. The lowest BCUT2D eigenvalue weighted by atomic mass is 10.0. The molecule has 27 heavy (non-hydrogen) atoms. The molecule has 0 bridgehead atoms. The van der Waals surface area contributed by atoms with Crippen molar-refractivity contribution in [3.05, 3.63) is 54.4 Å². The van der Waals surface area contributed by atoms with Crippen LogP contribution in [0.4, 0.5) is 16.2 Å². The van der Waals surface area contributed by atoms with Gasteiger partial charge in [-0.05, 0) is 49.1 Å². The minimum absolute atomic E-state index is 0.0282. The number of urea groups is 1. The summed E-state index contributed by atoms with van der Waals surface area (Å²) in [6.45, 7) is 3.43. The molecule has 6 nitrogen and oxygen atoms in total. The minimum atomic E-state index is -0.0885. The lowest BCUT2D eigenvalue weighted by Gasteiger charge is -2.18. The summed E-state index contributed by atoms with van der Waals surface area (Å²) in [6.07, 6.45) is 6.02. The van der Waals surface area contributed by atoms with Gasteiger partial charge in [-0.1, -0.05) is 19.1 Å². The van der Waals surface area contributed by atoms with Gasteiger partial charge in [0.05, 0.1) is 11.9 Å². The second-order valence-electron chi connectivity index (χ2n) is 7.50. The Labute approximate surface area is 159 Å². The molecule has 1 saturated heterocycles.